The molecule has 2 aromatic rings. The number of aromatic nitrogens is 3. The van der Waals surface area contributed by atoms with E-state index in [-0.39, 0.29) is 18.8 Å². The largest absolute Gasteiger partial charge is 0.467 e. The van der Waals surface area contributed by atoms with Crippen LogP contribution in [-0.2, 0) is 4.74 Å². The third-order valence-electron chi connectivity index (χ3n) is 3.94. The van der Waals surface area contributed by atoms with Gasteiger partial charge in [0, 0.05) is 23.1 Å². The average molecular weight is 437 g/mol. The molecule has 1 saturated heterocycles. The molecule has 0 amide bonds. The third-order valence-corrected chi connectivity index (χ3v) is 4.63. The Morgan fingerprint density at radius 1 is 1.19 bits per heavy atom. The van der Waals surface area contributed by atoms with Crippen molar-refractivity contribution < 1.29 is 18.9 Å². The predicted molar refractivity (Wildman–Crippen MR) is 101 cm³/mol. The van der Waals surface area contributed by atoms with Crippen LogP contribution < -0.4 is 24.5 Å². The van der Waals surface area contributed by atoms with Crippen molar-refractivity contribution in [1.29, 1.82) is 0 Å². The van der Waals surface area contributed by atoms with Gasteiger partial charge in [0.15, 0.2) is 11.5 Å². The molecule has 2 aliphatic rings. The van der Waals surface area contributed by atoms with Crippen LogP contribution in [0.5, 0.6) is 17.5 Å². The van der Waals surface area contributed by atoms with Gasteiger partial charge in [0.2, 0.25) is 12.7 Å². The molecule has 0 saturated carbocycles. The Balaban J connectivity index is 1.51. The van der Waals surface area contributed by atoms with E-state index in [0.717, 1.165) is 10.0 Å². The zero-order valence-corrected chi connectivity index (χ0v) is 16.1. The van der Waals surface area contributed by atoms with Gasteiger partial charge in [0.05, 0.1) is 26.5 Å². The Morgan fingerprint density at radius 3 is 2.74 bits per heavy atom. The van der Waals surface area contributed by atoms with Crippen molar-refractivity contribution in [2.24, 2.45) is 5.10 Å². The van der Waals surface area contributed by atoms with Crippen LogP contribution in [0.3, 0.4) is 0 Å². The Hall–Kier alpha value is -2.66. The molecular weight excluding hydrogens is 420 g/mol. The van der Waals surface area contributed by atoms with Crippen LogP contribution in [0.1, 0.15) is 5.56 Å². The lowest BCUT2D eigenvalue weighted by atomic mass is 10.2. The minimum Gasteiger partial charge on any atom is -0.467 e. The standard InChI is InChI=1S/C16H17BrN6O4/c1-24-16-20-14(19-15(21-16)23-2-4-25-5-3-23)22-18-8-10-6-12-13(7-11(10)17)27-9-26-12/h6-8H,2-5,9H2,1H3,(H,19,20,21,22)/b18-8+. The summed E-state index contributed by atoms with van der Waals surface area (Å²) < 4.78 is 22.1. The fourth-order valence-corrected chi connectivity index (χ4v) is 3.01. The first kappa shape index (κ1) is 17.7. The number of rotatable bonds is 5. The summed E-state index contributed by atoms with van der Waals surface area (Å²) in [6.07, 6.45) is 1.64. The summed E-state index contributed by atoms with van der Waals surface area (Å²) >= 11 is 3.49. The molecular formula is C16H17BrN6O4. The van der Waals surface area contributed by atoms with Gasteiger partial charge in [-0.2, -0.15) is 20.1 Å². The van der Waals surface area contributed by atoms with Gasteiger partial charge < -0.3 is 23.8 Å². The number of nitrogens with zero attached hydrogens (tertiary/aromatic N) is 5. The Labute approximate surface area is 163 Å². The van der Waals surface area contributed by atoms with Crippen LogP contribution in [0.15, 0.2) is 21.7 Å². The predicted octanol–water partition coefficient (Wildman–Crippen LogP) is 1.65. The number of morpholine rings is 1. The number of fused-ring (bicyclic) bond motifs is 1. The number of anilines is 2. The molecule has 11 heteroatoms. The minimum atomic E-state index is 0.216. The maximum Gasteiger partial charge on any atom is 0.322 e. The van der Waals surface area contributed by atoms with Gasteiger partial charge in [-0.25, -0.2) is 5.43 Å². The van der Waals surface area contributed by atoms with E-state index in [9.17, 15) is 0 Å². The second-order valence-electron chi connectivity index (χ2n) is 5.64. The second kappa shape index (κ2) is 7.92. The molecule has 1 fully saturated rings. The van der Waals surface area contributed by atoms with Crippen molar-refractivity contribution in [2.75, 3.05) is 50.5 Å². The summed E-state index contributed by atoms with van der Waals surface area (Å²) in [7, 11) is 1.51. The Kier molecular flexibility index (Phi) is 5.21. The van der Waals surface area contributed by atoms with Crippen LogP contribution in [0, 0.1) is 0 Å². The number of ether oxygens (including phenoxy) is 4. The summed E-state index contributed by atoms with van der Waals surface area (Å²) in [6, 6.07) is 3.89. The lowest BCUT2D eigenvalue weighted by Gasteiger charge is -2.26. The maximum absolute atomic E-state index is 5.38. The van der Waals surface area contributed by atoms with Crippen molar-refractivity contribution in [2.45, 2.75) is 0 Å². The summed E-state index contributed by atoms with van der Waals surface area (Å²) in [5, 5.41) is 4.21. The van der Waals surface area contributed by atoms with Gasteiger partial charge in [-0.1, -0.05) is 0 Å². The zero-order chi connectivity index (χ0) is 18.6. The Morgan fingerprint density at radius 2 is 1.96 bits per heavy atom. The third kappa shape index (κ3) is 4.03. The first-order valence-corrected chi connectivity index (χ1v) is 9.03. The molecule has 10 nitrogen and oxygen atoms in total. The summed E-state index contributed by atoms with van der Waals surface area (Å²) in [5.41, 5.74) is 3.64. The molecule has 4 rings (SSSR count). The van der Waals surface area contributed by atoms with Crippen molar-refractivity contribution >= 4 is 34.0 Å². The number of hydrazone groups is 1. The normalized spacial score (nSPS) is 16.0. The SMILES string of the molecule is COc1nc(N/N=C/c2cc3c(cc2Br)OCO3)nc(N2CCOCC2)n1. The van der Waals surface area contributed by atoms with E-state index in [1.807, 2.05) is 17.0 Å². The van der Waals surface area contributed by atoms with E-state index in [0.29, 0.717) is 43.8 Å². The quantitative estimate of drug-likeness (QED) is 0.553. The summed E-state index contributed by atoms with van der Waals surface area (Å²) in [4.78, 5) is 14.9. The topological polar surface area (TPSA) is 103 Å². The zero-order valence-electron chi connectivity index (χ0n) is 14.5. The molecule has 1 aromatic heterocycles. The van der Waals surface area contributed by atoms with Gasteiger partial charge in [0.25, 0.3) is 5.95 Å². The van der Waals surface area contributed by atoms with Crippen LogP contribution in [0.2, 0.25) is 0 Å². The highest BCUT2D eigenvalue weighted by atomic mass is 79.9. The molecule has 3 heterocycles. The minimum absolute atomic E-state index is 0.216. The van der Waals surface area contributed by atoms with E-state index in [2.05, 4.69) is 41.4 Å². The lowest BCUT2D eigenvalue weighted by Crippen LogP contribution is -2.37. The fraction of sp³-hybridized carbons (Fsp3) is 0.375. The molecule has 27 heavy (non-hydrogen) atoms. The van der Waals surface area contributed by atoms with Gasteiger partial charge >= 0.3 is 6.01 Å². The van der Waals surface area contributed by atoms with Crippen molar-refractivity contribution in [3.63, 3.8) is 0 Å². The smallest absolute Gasteiger partial charge is 0.322 e. The lowest BCUT2D eigenvalue weighted by molar-refractivity contribution is 0.122. The highest BCUT2D eigenvalue weighted by Crippen LogP contribution is 2.36. The first-order chi connectivity index (χ1) is 13.2. The van der Waals surface area contributed by atoms with E-state index in [1.54, 1.807) is 6.21 Å². The van der Waals surface area contributed by atoms with Crippen LogP contribution in [0.25, 0.3) is 0 Å². The monoisotopic (exact) mass is 436 g/mol. The van der Waals surface area contributed by atoms with Gasteiger partial charge in [-0.15, -0.1) is 0 Å². The number of nitrogens with one attached hydrogen (secondary N) is 1. The fourth-order valence-electron chi connectivity index (χ4n) is 2.58. The maximum atomic E-state index is 5.38. The molecule has 0 unspecified atom stereocenters. The Bertz CT molecular complexity index is 859. The number of hydrogen-bond acceptors (Lipinski definition) is 10. The number of halogens is 1. The number of hydrogen-bond donors (Lipinski definition) is 1. The van der Waals surface area contributed by atoms with Gasteiger partial charge in [-0.3, -0.25) is 0 Å². The molecule has 0 radical (unpaired) electrons. The van der Waals surface area contributed by atoms with Crippen molar-refractivity contribution in [1.82, 2.24) is 15.0 Å². The molecule has 0 atom stereocenters. The molecule has 0 spiro atoms. The molecule has 0 bridgehead atoms. The van der Waals surface area contributed by atoms with Gasteiger partial charge in [-0.05, 0) is 28.1 Å². The molecule has 1 N–H and O–H groups in total. The summed E-state index contributed by atoms with van der Waals surface area (Å²) in [6.45, 7) is 2.90. The van der Waals surface area contributed by atoms with Crippen LogP contribution in [0.4, 0.5) is 11.9 Å². The van der Waals surface area contributed by atoms with Crippen LogP contribution >= 0.6 is 15.9 Å². The van der Waals surface area contributed by atoms with E-state index in [1.165, 1.54) is 7.11 Å². The average Bonchev–Trinajstić information content (AvgIpc) is 3.15. The number of methoxy groups -OCH3 is 1. The second-order valence-corrected chi connectivity index (χ2v) is 6.50. The molecule has 142 valence electrons. The molecule has 1 aromatic carbocycles. The first-order valence-electron chi connectivity index (χ1n) is 8.24. The highest BCUT2D eigenvalue weighted by Gasteiger charge is 2.17. The van der Waals surface area contributed by atoms with E-state index in [4.69, 9.17) is 18.9 Å². The molecule has 2 aliphatic heterocycles. The van der Waals surface area contributed by atoms with Crippen molar-refractivity contribution in [3.05, 3.63) is 22.2 Å². The van der Waals surface area contributed by atoms with Gasteiger partial charge in [0.1, 0.15) is 0 Å². The van der Waals surface area contributed by atoms with Crippen LogP contribution in [-0.4, -0.2) is 61.4 Å². The van der Waals surface area contributed by atoms with Crippen molar-refractivity contribution in [3.8, 4) is 17.5 Å². The van der Waals surface area contributed by atoms with E-state index >= 15 is 0 Å². The van der Waals surface area contributed by atoms with E-state index < -0.39 is 0 Å². The number of benzene rings is 1. The molecule has 0 aliphatic carbocycles. The highest BCUT2D eigenvalue weighted by molar-refractivity contribution is 9.10. The summed E-state index contributed by atoms with van der Waals surface area (Å²) in [5.74, 6) is 2.18.